The van der Waals surface area contributed by atoms with Gasteiger partial charge in [0.25, 0.3) is 0 Å². The number of likely N-dealkylation sites (tertiary alicyclic amines) is 1. The molecule has 1 saturated carbocycles. The average molecular weight is 626 g/mol. The van der Waals surface area contributed by atoms with Gasteiger partial charge in [0.1, 0.15) is 17.9 Å². The fourth-order valence-electron chi connectivity index (χ4n) is 4.41. The van der Waals surface area contributed by atoms with E-state index < -0.39 is 18.1 Å². The molecule has 0 bridgehead atoms. The molecule has 44 heavy (non-hydrogen) atoms. The second kappa shape index (κ2) is 32.8. The molecular weight excluding hydrogens is 558 g/mol. The third kappa shape index (κ3) is 22.4. The molecule has 1 heterocycles. The van der Waals surface area contributed by atoms with Crippen LogP contribution in [0.25, 0.3) is 0 Å². The van der Waals surface area contributed by atoms with Gasteiger partial charge in [0.15, 0.2) is 0 Å². The maximum absolute atomic E-state index is 13.4. The number of carbonyl (C=O) groups is 5. The predicted octanol–water partition coefficient (Wildman–Crippen LogP) is 5.59. The molecule has 0 radical (unpaired) electrons. The first-order valence-corrected chi connectivity index (χ1v) is 16.7. The van der Waals surface area contributed by atoms with Gasteiger partial charge in [0.2, 0.25) is 18.2 Å². The van der Waals surface area contributed by atoms with E-state index in [0.717, 1.165) is 57.9 Å². The molecule has 2 fully saturated rings. The number of nitrogens with one attached hydrogen (secondary N) is 4. The van der Waals surface area contributed by atoms with Crippen molar-refractivity contribution in [3.05, 3.63) is 0 Å². The molecule has 258 valence electrons. The Hall–Kier alpha value is -3.09. The van der Waals surface area contributed by atoms with Crippen molar-refractivity contribution in [1.82, 2.24) is 26.2 Å². The van der Waals surface area contributed by atoms with Gasteiger partial charge in [-0.3, -0.25) is 19.2 Å². The van der Waals surface area contributed by atoms with Crippen molar-refractivity contribution in [3.8, 4) is 12.3 Å². The van der Waals surface area contributed by atoms with Gasteiger partial charge in [-0.2, -0.15) is 0 Å². The molecule has 2 rings (SSSR count). The number of nitrogens with zero attached hydrogens (tertiary/aromatic N) is 1. The van der Waals surface area contributed by atoms with Crippen molar-refractivity contribution >= 4 is 30.0 Å². The zero-order valence-electron chi connectivity index (χ0n) is 30.0. The second-order valence-corrected chi connectivity index (χ2v) is 10.3. The van der Waals surface area contributed by atoms with E-state index in [2.05, 4.69) is 48.0 Å². The van der Waals surface area contributed by atoms with E-state index in [1.54, 1.807) is 4.90 Å². The van der Waals surface area contributed by atoms with Crippen LogP contribution in [0.3, 0.4) is 0 Å². The van der Waals surface area contributed by atoms with E-state index in [1.165, 1.54) is 20.4 Å². The van der Waals surface area contributed by atoms with Crippen LogP contribution in [0, 0.1) is 17.8 Å². The Bertz CT molecular complexity index is 791. The zero-order valence-corrected chi connectivity index (χ0v) is 30.0. The highest BCUT2D eigenvalue weighted by Gasteiger charge is 2.45. The van der Waals surface area contributed by atoms with Gasteiger partial charge in [-0.05, 0) is 51.4 Å². The lowest BCUT2D eigenvalue weighted by atomic mass is 9.70. The molecule has 10 heteroatoms. The maximum Gasteiger partial charge on any atom is 0.315 e. The lowest BCUT2D eigenvalue weighted by molar-refractivity contribution is -0.143. The topological polar surface area (TPSA) is 137 Å². The van der Waals surface area contributed by atoms with Gasteiger partial charge in [0.05, 0.1) is 6.54 Å². The van der Waals surface area contributed by atoms with Crippen LogP contribution in [0.5, 0.6) is 0 Å². The Morgan fingerprint density at radius 2 is 1.55 bits per heavy atom. The Morgan fingerprint density at radius 1 is 1.00 bits per heavy atom. The molecule has 10 nitrogen and oxygen atoms in total. The lowest BCUT2D eigenvalue weighted by Crippen LogP contribution is -2.60. The summed E-state index contributed by atoms with van der Waals surface area (Å²) in [5.41, 5.74) is -0.329. The molecule has 1 aliphatic heterocycles. The first-order chi connectivity index (χ1) is 21.0. The van der Waals surface area contributed by atoms with Gasteiger partial charge in [0, 0.05) is 26.6 Å². The van der Waals surface area contributed by atoms with Crippen molar-refractivity contribution < 1.29 is 24.0 Å². The third-order valence-corrected chi connectivity index (χ3v) is 6.47. The summed E-state index contributed by atoms with van der Waals surface area (Å²) < 4.78 is 0. The number of carbonyl (C=O) groups excluding carboxylic acids is 5. The zero-order chi connectivity index (χ0) is 35.0. The Kier molecular flexibility index (Phi) is 35.7. The molecule has 2 aliphatic rings. The van der Waals surface area contributed by atoms with E-state index in [4.69, 9.17) is 6.42 Å². The summed E-state index contributed by atoms with van der Waals surface area (Å²) in [6.45, 7) is 20.8. The molecule has 2 atom stereocenters. The molecule has 4 N–H and O–H groups in total. The number of terminal acetylenes is 1. The number of amides is 5. The van der Waals surface area contributed by atoms with Gasteiger partial charge in [-0.15, -0.1) is 12.3 Å². The number of urea groups is 1. The molecule has 0 aromatic heterocycles. The minimum atomic E-state index is -0.668. The van der Waals surface area contributed by atoms with E-state index in [-0.39, 0.29) is 29.6 Å². The monoisotopic (exact) mass is 626 g/mol. The largest absolute Gasteiger partial charge is 0.359 e. The summed E-state index contributed by atoms with van der Waals surface area (Å²) in [6.07, 6.45) is 15.1. The van der Waals surface area contributed by atoms with E-state index in [1.807, 2.05) is 41.5 Å². The van der Waals surface area contributed by atoms with Crippen LogP contribution in [-0.2, 0) is 19.2 Å². The van der Waals surface area contributed by atoms with Gasteiger partial charge >= 0.3 is 6.03 Å². The quantitative estimate of drug-likeness (QED) is 0.196. The Morgan fingerprint density at radius 3 is 1.91 bits per heavy atom. The predicted molar refractivity (Wildman–Crippen MR) is 183 cm³/mol. The number of hydrogen-bond donors (Lipinski definition) is 4. The maximum atomic E-state index is 13.4. The third-order valence-electron chi connectivity index (χ3n) is 6.47. The van der Waals surface area contributed by atoms with Crippen LogP contribution in [0.1, 0.15) is 133 Å². The number of ketones is 1. The highest BCUT2D eigenvalue weighted by atomic mass is 16.2. The number of rotatable bonds is 9. The molecule has 0 spiro atoms. The fraction of sp³-hybridized carbons (Fsp3) is 0.794. The van der Waals surface area contributed by atoms with Crippen LogP contribution in [0.15, 0.2) is 0 Å². The molecule has 1 aliphatic carbocycles. The van der Waals surface area contributed by atoms with Crippen LogP contribution in [0.4, 0.5) is 4.79 Å². The molecule has 0 aromatic rings. The summed E-state index contributed by atoms with van der Waals surface area (Å²) >= 11 is 0. The van der Waals surface area contributed by atoms with Crippen LogP contribution >= 0.6 is 0 Å². The van der Waals surface area contributed by atoms with Gasteiger partial charge in [-0.25, -0.2) is 4.79 Å². The van der Waals surface area contributed by atoms with Crippen molar-refractivity contribution in [3.63, 3.8) is 0 Å². The summed E-state index contributed by atoms with van der Waals surface area (Å²) in [5, 5.41) is 10.4. The van der Waals surface area contributed by atoms with Crippen molar-refractivity contribution in [2.45, 2.75) is 146 Å². The Labute approximate surface area is 270 Å². The minimum absolute atomic E-state index is 0.0327. The summed E-state index contributed by atoms with van der Waals surface area (Å²) in [6, 6.07) is -1.64. The fourth-order valence-corrected chi connectivity index (χ4v) is 4.41. The second-order valence-electron chi connectivity index (χ2n) is 10.3. The summed E-state index contributed by atoms with van der Waals surface area (Å²) in [5.74, 6) is 1.88. The first kappa shape index (κ1) is 47.8. The lowest BCUT2D eigenvalue weighted by Gasteiger charge is -2.42. The number of Topliss-reactive ketones (excluding diaryl/α,β-unsaturated/α-hetero) is 1. The highest BCUT2D eigenvalue weighted by molar-refractivity contribution is 5.94. The molecule has 5 amide bonds. The average Bonchev–Trinajstić information content (AvgIpc) is 3.53. The molecule has 2 unspecified atom stereocenters. The van der Waals surface area contributed by atoms with E-state index in [0.29, 0.717) is 19.4 Å². The van der Waals surface area contributed by atoms with Crippen molar-refractivity contribution in [1.29, 1.82) is 0 Å². The number of hydrogen-bond acceptors (Lipinski definition) is 5. The number of unbranched alkanes of at least 4 members (excludes halogenated alkanes) is 1. The summed E-state index contributed by atoms with van der Waals surface area (Å²) in [7, 11) is 1.52. The SMILES string of the molecule is C#CCCC.CC.CC.CCC.CCNC=O.CNC(=O)NC(C(=O)N1CCCC1C(=O)NCC(C)=O)C1(C)CCCCC1. The molecular formula is C34H67N5O5. The summed E-state index contributed by atoms with van der Waals surface area (Å²) in [4.78, 5) is 59.9. The first-order valence-electron chi connectivity index (χ1n) is 16.7. The van der Waals surface area contributed by atoms with Crippen LogP contribution in [0.2, 0.25) is 0 Å². The normalized spacial score (nSPS) is 16.0. The van der Waals surface area contributed by atoms with Crippen molar-refractivity contribution in [2.24, 2.45) is 5.41 Å². The molecule has 1 saturated heterocycles. The highest BCUT2D eigenvalue weighted by Crippen LogP contribution is 2.40. The van der Waals surface area contributed by atoms with Crippen LogP contribution in [-0.4, -0.2) is 73.7 Å². The van der Waals surface area contributed by atoms with Crippen molar-refractivity contribution in [2.75, 3.05) is 26.7 Å². The van der Waals surface area contributed by atoms with Crippen LogP contribution < -0.4 is 21.3 Å². The molecule has 0 aromatic carbocycles. The Balaban J connectivity index is -0.000000390. The smallest absolute Gasteiger partial charge is 0.315 e. The van der Waals surface area contributed by atoms with Gasteiger partial charge < -0.3 is 26.2 Å². The van der Waals surface area contributed by atoms with E-state index >= 15 is 0 Å². The standard InChI is InChI=1S/C19H32N4O4.C5H8.C3H7NO.C3H8.2C2H6/c1-13(24)12-21-16(25)14-8-7-11-23(14)17(26)15(22-18(27)20-3)19(2)9-5-4-6-10-19;1-3-5-4-2;1-2-4-3-5;1-3-2;2*1-2/h14-15H,4-12H2,1-3H3,(H,21,25)(H2,20,22,27);1H,4-5H2,2H3;3H,2H2,1H3,(H,4,5);3H2,1-2H3;2*1-2H3. The van der Waals surface area contributed by atoms with E-state index in [9.17, 15) is 24.0 Å². The minimum Gasteiger partial charge on any atom is -0.359 e. The van der Waals surface area contributed by atoms with Gasteiger partial charge in [-0.1, -0.05) is 81.1 Å².